The number of rotatable bonds is 3. The Bertz CT molecular complexity index is 222. The van der Waals surface area contributed by atoms with Gasteiger partial charge in [-0.1, -0.05) is 0 Å². The molecule has 1 rings (SSSR count). The highest BCUT2D eigenvalue weighted by molar-refractivity contribution is 5.82. The molecule has 0 atom stereocenters. The van der Waals surface area contributed by atoms with Crippen molar-refractivity contribution >= 4 is 11.9 Å². The lowest BCUT2D eigenvalue weighted by molar-refractivity contribution is -0.138. The van der Waals surface area contributed by atoms with Gasteiger partial charge in [0.15, 0.2) is 0 Å². The molecule has 0 saturated carbocycles. The Labute approximate surface area is 83.1 Å². The first kappa shape index (κ1) is 11.0. The minimum Gasteiger partial charge on any atom is -0.480 e. The monoisotopic (exact) mass is 200 g/mol. The Balaban J connectivity index is 2.27. The largest absolute Gasteiger partial charge is 0.480 e. The molecule has 0 bridgehead atoms. The maximum Gasteiger partial charge on any atom is 0.322 e. The SMILES string of the molecule is CN1CCC(C(=O)NCC(=O)O)CC1. The number of carboxylic acids is 1. The van der Waals surface area contributed by atoms with Crippen molar-refractivity contribution in [2.45, 2.75) is 12.8 Å². The summed E-state index contributed by atoms with van der Waals surface area (Å²) in [6.07, 6.45) is 1.64. The number of carboxylic acid groups (broad SMARTS) is 1. The summed E-state index contributed by atoms with van der Waals surface area (Å²) >= 11 is 0. The number of aliphatic carboxylic acids is 1. The molecule has 0 aliphatic carbocycles. The third-order valence-electron chi connectivity index (χ3n) is 2.50. The Kier molecular flexibility index (Phi) is 3.88. The molecular weight excluding hydrogens is 184 g/mol. The Morgan fingerprint density at radius 3 is 2.50 bits per heavy atom. The second kappa shape index (κ2) is 4.95. The fourth-order valence-corrected chi connectivity index (χ4v) is 1.58. The highest BCUT2D eigenvalue weighted by Crippen LogP contribution is 2.15. The van der Waals surface area contributed by atoms with Crippen molar-refractivity contribution in [3.05, 3.63) is 0 Å². The molecule has 1 saturated heterocycles. The van der Waals surface area contributed by atoms with Crippen LogP contribution in [0.15, 0.2) is 0 Å². The van der Waals surface area contributed by atoms with Gasteiger partial charge in [-0.3, -0.25) is 9.59 Å². The third kappa shape index (κ3) is 3.33. The smallest absolute Gasteiger partial charge is 0.322 e. The highest BCUT2D eigenvalue weighted by Gasteiger charge is 2.23. The molecule has 0 aromatic carbocycles. The predicted molar refractivity (Wildman–Crippen MR) is 50.9 cm³/mol. The van der Waals surface area contributed by atoms with Crippen LogP contribution >= 0.6 is 0 Å². The van der Waals surface area contributed by atoms with Crippen LogP contribution in [0.1, 0.15) is 12.8 Å². The zero-order valence-corrected chi connectivity index (χ0v) is 8.32. The predicted octanol–water partition coefficient (Wildman–Crippen LogP) is -0.471. The number of amides is 1. The topological polar surface area (TPSA) is 69.6 Å². The maximum absolute atomic E-state index is 11.4. The first-order chi connectivity index (χ1) is 6.59. The van der Waals surface area contributed by atoms with Crippen LogP contribution in [0, 0.1) is 5.92 Å². The summed E-state index contributed by atoms with van der Waals surface area (Å²) in [5.41, 5.74) is 0. The molecule has 0 aromatic heterocycles. The molecule has 1 fully saturated rings. The van der Waals surface area contributed by atoms with Gasteiger partial charge in [0, 0.05) is 5.92 Å². The summed E-state index contributed by atoms with van der Waals surface area (Å²) in [6, 6.07) is 0. The van der Waals surface area contributed by atoms with Crippen molar-refractivity contribution in [1.82, 2.24) is 10.2 Å². The lowest BCUT2D eigenvalue weighted by Gasteiger charge is -2.27. The molecule has 2 N–H and O–H groups in total. The van der Waals surface area contributed by atoms with Gasteiger partial charge in [0.1, 0.15) is 6.54 Å². The standard InChI is InChI=1S/C9H16N2O3/c1-11-4-2-7(3-5-11)9(14)10-6-8(12)13/h7H,2-6H2,1H3,(H,10,14)(H,12,13). The van der Waals surface area contributed by atoms with Gasteiger partial charge in [-0.25, -0.2) is 0 Å². The van der Waals surface area contributed by atoms with Crippen LogP contribution < -0.4 is 5.32 Å². The van der Waals surface area contributed by atoms with Gasteiger partial charge in [0.05, 0.1) is 0 Å². The van der Waals surface area contributed by atoms with Crippen molar-refractivity contribution in [3.8, 4) is 0 Å². The van der Waals surface area contributed by atoms with Gasteiger partial charge in [0.2, 0.25) is 5.91 Å². The van der Waals surface area contributed by atoms with Crippen LogP contribution in [0.2, 0.25) is 0 Å². The number of likely N-dealkylation sites (tertiary alicyclic amines) is 1. The van der Waals surface area contributed by atoms with Crippen LogP contribution in [-0.4, -0.2) is 48.6 Å². The number of carbonyl (C=O) groups excluding carboxylic acids is 1. The van der Waals surface area contributed by atoms with Gasteiger partial charge >= 0.3 is 5.97 Å². The van der Waals surface area contributed by atoms with Gasteiger partial charge in [-0.05, 0) is 33.0 Å². The van der Waals surface area contributed by atoms with Gasteiger partial charge in [-0.15, -0.1) is 0 Å². The van der Waals surface area contributed by atoms with Crippen molar-refractivity contribution in [2.75, 3.05) is 26.7 Å². The van der Waals surface area contributed by atoms with Crippen molar-refractivity contribution in [3.63, 3.8) is 0 Å². The summed E-state index contributed by atoms with van der Waals surface area (Å²) in [7, 11) is 2.02. The van der Waals surface area contributed by atoms with Crippen molar-refractivity contribution < 1.29 is 14.7 Å². The van der Waals surface area contributed by atoms with E-state index in [1.807, 2.05) is 7.05 Å². The minimum atomic E-state index is -0.994. The molecule has 14 heavy (non-hydrogen) atoms. The average Bonchev–Trinajstić information content (AvgIpc) is 2.15. The summed E-state index contributed by atoms with van der Waals surface area (Å²) in [5, 5.41) is 10.8. The number of nitrogens with zero attached hydrogens (tertiary/aromatic N) is 1. The molecule has 0 aromatic rings. The number of hydrogen-bond donors (Lipinski definition) is 2. The molecule has 0 radical (unpaired) electrons. The van der Waals surface area contributed by atoms with Crippen LogP contribution in [-0.2, 0) is 9.59 Å². The molecule has 0 unspecified atom stereocenters. The van der Waals surface area contributed by atoms with Crippen molar-refractivity contribution in [1.29, 1.82) is 0 Å². The van der Waals surface area contributed by atoms with E-state index in [0.29, 0.717) is 0 Å². The molecule has 0 spiro atoms. The Hall–Kier alpha value is -1.10. The van der Waals surface area contributed by atoms with Crippen molar-refractivity contribution in [2.24, 2.45) is 5.92 Å². The first-order valence-corrected chi connectivity index (χ1v) is 4.77. The molecule has 5 heteroatoms. The third-order valence-corrected chi connectivity index (χ3v) is 2.50. The van der Waals surface area contributed by atoms with E-state index in [0.717, 1.165) is 25.9 Å². The van der Waals surface area contributed by atoms with E-state index in [1.165, 1.54) is 0 Å². The van der Waals surface area contributed by atoms with E-state index < -0.39 is 5.97 Å². The number of hydrogen-bond acceptors (Lipinski definition) is 3. The lowest BCUT2D eigenvalue weighted by atomic mass is 9.96. The highest BCUT2D eigenvalue weighted by atomic mass is 16.4. The Morgan fingerprint density at radius 2 is 2.00 bits per heavy atom. The summed E-state index contributed by atoms with van der Waals surface area (Å²) in [6.45, 7) is 1.54. The number of piperidine rings is 1. The second-order valence-corrected chi connectivity index (χ2v) is 3.69. The maximum atomic E-state index is 11.4. The average molecular weight is 200 g/mol. The number of carbonyl (C=O) groups is 2. The summed E-state index contributed by atoms with van der Waals surface area (Å²) in [4.78, 5) is 23.8. The van der Waals surface area contributed by atoms with E-state index in [-0.39, 0.29) is 18.4 Å². The molecule has 1 aliphatic heterocycles. The van der Waals surface area contributed by atoms with Crippen LogP contribution in [0.25, 0.3) is 0 Å². The minimum absolute atomic E-state index is 0.00875. The quantitative estimate of drug-likeness (QED) is 0.646. The molecular formula is C9H16N2O3. The zero-order valence-electron chi connectivity index (χ0n) is 8.32. The summed E-state index contributed by atoms with van der Waals surface area (Å²) in [5.74, 6) is -1.13. The van der Waals surface area contributed by atoms with E-state index in [1.54, 1.807) is 0 Å². The molecule has 80 valence electrons. The lowest BCUT2D eigenvalue weighted by Crippen LogP contribution is -2.40. The first-order valence-electron chi connectivity index (χ1n) is 4.77. The van der Waals surface area contributed by atoms with E-state index in [2.05, 4.69) is 10.2 Å². The van der Waals surface area contributed by atoms with Crippen LogP contribution in [0.3, 0.4) is 0 Å². The van der Waals surface area contributed by atoms with E-state index >= 15 is 0 Å². The van der Waals surface area contributed by atoms with Gasteiger partial charge in [0.25, 0.3) is 0 Å². The fraction of sp³-hybridized carbons (Fsp3) is 0.778. The Morgan fingerprint density at radius 1 is 1.43 bits per heavy atom. The van der Waals surface area contributed by atoms with Gasteiger partial charge < -0.3 is 15.3 Å². The summed E-state index contributed by atoms with van der Waals surface area (Å²) < 4.78 is 0. The van der Waals surface area contributed by atoms with E-state index in [4.69, 9.17) is 5.11 Å². The molecule has 1 heterocycles. The van der Waals surface area contributed by atoms with Crippen LogP contribution in [0.5, 0.6) is 0 Å². The van der Waals surface area contributed by atoms with E-state index in [9.17, 15) is 9.59 Å². The van der Waals surface area contributed by atoms with Crippen LogP contribution in [0.4, 0.5) is 0 Å². The normalized spacial score (nSPS) is 19.2. The van der Waals surface area contributed by atoms with Gasteiger partial charge in [-0.2, -0.15) is 0 Å². The zero-order chi connectivity index (χ0) is 10.6. The fourth-order valence-electron chi connectivity index (χ4n) is 1.58. The second-order valence-electron chi connectivity index (χ2n) is 3.69. The molecule has 5 nitrogen and oxygen atoms in total. The molecule has 1 amide bonds. The molecule has 1 aliphatic rings. The number of nitrogens with one attached hydrogen (secondary N) is 1.